The van der Waals surface area contributed by atoms with E-state index in [0.717, 1.165) is 0 Å². The zero-order valence-corrected chi connectivity index (χ0v) is 24.0. The maximum Gasteiger partial charge on any atom is 0.334 e. The Morgan fingerprint density at radius 1 is 0.690 bits per heavy atom. The minimum atomic E-state index is -0.665. The Morgan fingerprint density at radius 2 is 1.05 bits per heavy atom. The standard InChI is InChI=1S/C11H9NO5.C8H5NO3.C3H5BrO2.C3H7NO3/c1-16-9(13)6-17-12-10(14)7-4-2-3-5-8(7)11(12)15;10-7-5-3-1-2-4-6(5)8(11)9(7)12;1-6-3(5)2-4;1-6-3(5)2-7-4/h2-5H,6H2,1H3;1-4,12H;2H2,1H3;2,4H2,1H3. The van der Waals surface area contributed by atoms with Crippen LogP contribution in [0.25, 0.3) is 0 Å². The fourth-order valence-corrected chi connectivity index (χ4v) is 3.05. The Bertz CT molecular complexity index is 1240. The fraction of sp³-hybridized carbons (Fsp3) is 0.240. The van der Waals surface area contributed by atoms with Crippen LogP contribution in [0.2, 0.25) is 0 Å². The van der Waals surface area contributed by atoms with Gasteiger partial charge in [-0.15, -0.1) is 10.1 Å². The zero-order chi connectivity index (χ0) is 31.8. The van der Waals surface area contributed by atoms with Crippen molar-refractivity contribution in [1.82, 2.24) is 10.1 Å². The Balaban J connectivity index is 0.000000307. The lowest BCUT2D eigenvalue weighted by Gasteiger charge is -2.11. The van der Waals surface area contributed by atoms with E-state index in [-0.39, 0.29) is 45.2 Å². The molecule has 2 aliphatic rings. The second-order valence-corrected chi connectivity index (χ2v) is 7.93. The van der Waals surface area contributed by atoms with E-state index in [1.165, 1.54) is 45.6 Å². The molecule has 0 aromatic heterocycles. The van der Waals surface area contributed by atoms with Crippen LogP contribution in [0.5, 0.6) is 0 Å². The van der Waals surface area contributed by atoms with Gasteiger partial charge in [-0.2, -0.15) is 0 Å². The smallest absolute Gasteiger partial charge is 0.334 e. The highest BCUT2D eigenvalue weighted by molar-refractivity contribution is 9.09. The van der Waals surface area contributed by atoms with Crippen LogP contribution < -0.4 is 5.90 Å². The third-order valence-corrected chi connectivity index (χ3v) is 5.29. The molecule has 2 aliphatic heterocycles. The molecule has 0 saturated heterocycles. The van der Waals surface area contributed by atoms with Gasteiger partial charge in [0, 0.05) is 0 Å². The van der Waals surface area contributed by atoms with Crippen molar-refractivity contribution in [3.63, 3.8) is 0 Å². The third-order valence-electron chi connectivity index (χ3n) is 4.83. The number of carbonyl (C=O) groups is 7. The van der Waals surface area contributed by atoms with E-state index in [9.17, 15) is 33.6 Å². The lowest BCUT2D eigenvalue weighted by atomic mass is 10.1. The molecule has 0 fully saturated rings. The third kappa shape index (κ3) is 9.82. The van der Waals surface area contributed by atoms with Crippen LogP contribution in [0.15, 0.2) is 48.5 Å². The summed E-state index contributed by atoms with van der Waals surface area (Å²) in [6, 6.07) is 12.6. The highest BCUT2D eigenvalue weighted by Crippen LogP contribution is 2.22. The second-order valence-electron chi connectivity index (χ2n) is 7.36. The van der Waals surface area contributed by atoms with Crippen LogP contribution in [0, 0.1) is 0 Å². The average molecular weight is 656 g/mol. The molecule has 0 radical (unpaired) electrons. The van der Waals surface area contributed by atoms with Crippen LogP contribution in [0.1, 0.15) is 41.4 Å². The number of rotatable bonds is 6. The zero-order valence-electron chi connectivity index (χ0n) is 22.4. The summed E-state index contributed by atoms with van der Waals surface area (Å²) in [5, 5.41) is 9.90. The van der Waals surface area contributed by atoms with E-state index in [4.69, 9.17) is 10.0 Å². The number of amides is 4. The molecule has 2 aromatic rings. The summed E-state index contributed by atoms with van der Waals surface area (Å²) in [7, 11) is 3.80. The van der Waals surface area contributed by atoms with E-state index >= 15 is 0 Å². The Morgan fingerprint density at radius 3 is 1.33 bits per heavy atom. The lowest BCUT2D eigenvalue weighted by molar-refractivity contribution is -0.158. The predicted octanol–water partition coefficient (Wildman–Crippen LogP) is 0.663. The molecule has 16 nitrogen and oxygen atoms in total. The van der Waals surface area contributed by atoms with Crippen LogP contribution >= 0.6 is 15.9 Å². The number of benzene rings is 2. The molecule has 0 saturated carbocycles. The molecule has 0 atom stereocenters. The Labute approximate surface area is 246 Å². The molecule has 2 heterocycles. The monoisotopic (exact) mass is 655 g/mol. The summed E-state index contributed by atoms with van der Waals surface area (Å²) in [6.07, 6.45) is 0. The first-order valence-corrected chi connectivity index (χ1v) is 12.5. The van der Waals surface area contributed by atoms with Gasteiger partial charge in [-0.3, -0.25) is 38.9 Å². The van der Waals surface area contributed by atoms with Gasteiger partial charge in [0.25, 0.3) is 23.6 Å². The number of halogens is 1. The molecule has 0 unspecified atom stereocenters. The fourth-order valence-electron chi connectivity index (χ4n) is 2.82. The molecule has 0 aliphatic carbocycles. The minimum absolute atomic E-state index is 0.130. The van der Waals surface area contributed by atoms with Crippen molar-refractivity contribution < 1.29 is 62.7 Å². The number of alkyl halides is 1. The van der Waals surface area contributed by atoms with Crippen molar-refractivity contribution in [2.24, 2.45) is 5.90 Å². The molecule has 4 rings (SSSR count). The number of hydrogen-bond acceptors (Lipinski definition) is 14. The molecular weight excluding hydrogens is 630 g/mol. The number of hydroxylamine groups is 4. The number of imide groups is 2. The topological polar surface area (TPSA) is 218 Å². The van der Waals surface area contributed by atoms with Gasteiger partial charge in [0.15, 0.2) is 13.2 Å². The number of nitrogens with zero attached hydrogens (tertiary/aromatic N) is 2. The van der Waals surface area contributed by atoms with E-state index in [1.807, 2.05) is 0 Å². The number of nitrogens with two attached hydrogens (primary N) is 1. The van der Waals surface area contributed by atoms with Crippen LogP contribution in [0.3, 0.4) is 0 Å². The Kier molecular flexibility index (Phi) is 15.2. The summed E-state index contributed by atoms with van der Waals surface area (Å²) < 4.78 is 12.7. The first-order chi connectivity index (χ1) is 20.0. The van der Waals surface area contributed by atoms with Crippen molar-refractivity contribution in [3.05, 3.63) is 70.8 Å². The van der Waals surface area contributed by atoms with Crippen molar-refractivity contribution in [1.29, 1.82) is 0 Å². The number of methoxy groups -OCH3 is 3. The summed E-state index contributed by atoms with van der Waals surface area (Å²) in [5.41, 5.74) is 1.04. The molecule has 226 valence electrons. The molecular formula is C25H26BrN3O13. The summed E-state index contributed by atoms with van der Waals surface area (Å²) in [4.78, 5) is 85.1. The van der Waals surface area contributed by atoms with E-state index in [1.54, 1.807) is 24.3 Å². The molecule has 0 bridgehead atoms. The first-order valence-electron chi connectivity index (χ1n) is 11.3. The van der Waals surface area contributed by atoms with Crippen LogP contribution in [-0.4, -0.2) is 96.7 Å². The van der Waals surface area contributed by atoms with Gasteiger partial charge < -0.3 is 14.2 Å². The average Bonchev–Trinajstić information content (AvgIpc) is 3.40. The van der Waals surface area contributed by atoms with Crippen molar-refractivity contribution >= 4 is 57.5 Å². The van der Waals surface area contributed by atoms with Crippen molar-refractivity contribution in [2.45, 2.75) is 0 Å². The lowest BCUT2D eigenvalue weighted by Crippen LogP contribution is -2.32. The van der Waals surface area contributed by atoms with Gasteiger partial charge in [-0.05, 0) is 24.3 Å². The summed E-state index contributed by atoms with van der Waals surface area (Å²) >= 11 is 2.90. The number of ether oxygens (including phenoxy) is 3. The van der Waals surface area contributed by atoms with Gasteiger partial charge in [0.05, 0.1) is 43.6 Å². The SMILES string of the molecule is COC(=O)CBr.COC(=O)CON.COC(=O)CON1C(=O)c2ccccc2C1=O.O=C1c2ccccc2C(=O)N1O. The minimum Gasteiger partial charge on any atom is -0.468 e. The molecule has 2 aromatic carbocycles. The summed E-state index contributed by atoms with van der Waals surface area (Å²) in [6.45, 7) is -0.668. The normalized spacial score (nSPS) is 12.4. The van der Waals surface area contributed by atoms with E-state index in [0.29, 0.717) is 5.06 Å². The summed E-state index contributed by atoms with van der Waals surface area (Å²) in [5.74, 6) is 0.666. The predicted molar refractivity (Wildman–Crippen MR) is 142 cm³/mol. The molecule has 4 amide bonds. The highest BCUT2D eigenvalue weighted by atomic mass is 79.9. The van der Waals surface area contributed by atoms with Crippen LogP contribution in [-0.2, 0) is 38.3 Å². The van der Waals surface area contributed by atoms with Crippen LogP contribution in [0.4, 0.5) is 0 Å². The van der Waals surface area contributed by atoms with Crippen molar-refractivity contribution in [3.8, 4) is 0 Å². The quantitative estimate of drug-likeness (QED) is 0.109. The molecule has 3 N–H and O–H groups in total. The van der Waals surface area contributed by atoms with Gasteiger partial charge >= 0.3 is 17.9 Å². The second kappa shape index (κ2) is 18.0. The van der Waals surface area contributed by atoms with E-state index < -0.39 is 42.2 Å². The van der Waals surface area contributed by atoms with Gasteiger partial charge in [-0.25, -0.2) is 15.5 Å². The number of esters is 3. The maximum absolute atomic E-state index is 11.7. The number of hydrogen-bond donors (Lipinski definition) is 2. The highest BCUT2D eigenvalue weighted by Gasteiger charge is 2.37. The molecule has 42 heavy (non-hydrogen) atoms. The largest absolute Gasteiger partial charge is 0.468 e. The Hall–Kier alpha value is -4.55. The number of carbonyl (C=O) groups excluding carboxylic acids is 7. The van der Waals surface area contributed by atoms with Gasteiger partial charge in [0.2, 0.25) is 0 Å². The number of fused-ring (bicyclic) bond motifs is 2. The maximum atomic E-state index is 11.7. The van der Waals surface area contributed by atoms with Crippen molar-refractivity contribution in [2.75, 3.05) is 39.9 Å². The molecule has 0 spiro atoms. The molecule has 17 heteroatoms. The van der Waals surface area contributed by atoms with E-state index in [2.05, 4.69) is 40.9 Å². The van der Waals surface area contributed by atoms with Gasteiger partial charge in [0.1, 0.15) is 5.33 Å². The van der Waals surface area contributed by atoms with Gasteiger partial charge in [-0.1, -0.05) is 40.2 Å². The first kappa shape index (κ1) is 35.5.